The van der Waals surface area contributed by atoms with Crippen molar-refractivity contribution in [3.8, 4) is 0 Å². The summed E-state index contributed by atoms with van der Waals surface area (Å²) in [5.74, 6) is -0.202. The maximum atomic E-state index is 11.7. The molecule has 6 heteroatoms. The van der Waals surface area contributed by atoms with E-state index in [1.165, 1.54) is 0 Å². The van der Waals surface area contributed by atoms with Crippen LogP contribution in [0, 0.1) is 6.92 Å². The van der Waals surface area contributed by atoms with Crippen LogP contribution in [0.25, 0.3) is 0 Å². The number of rotatable bonds is 3. The average Bonchev–Trinajstić information content (AvgIpc) is 2.08. The molecule has 17 heavy (non-hydrogen) atoms. The Morgan fingerprint density at radius 2 is 2.12 bits per heavy atom. The molecular weight excluding hydrogens is 261 g/mol. The van der Waals surface area contributed by atoms with E-state index in [0.717, 1.165) is 5.56 Å². The third-order valence-electron chi connectivity index (χ3n) is 2.02. The van der Waals surface area contributed by atoms with Gasteiger partial charge in [-0.3, -0.25) is 4.79 Å². The van der Waals surface area contributed by atoms with E-state index in [1.54, 1.807) is 26.8 Å². The van der Waals surface area contributed by atoms with Crippen molar-refractivity contribution in [2.75, 3.05) is 5.32 Å². The quantitative estimate of drug-likeness (QED) is 0.834. The molecule has 1 amide bonds. The zero-order chi connectivity index (χ0) is 13.2. The van der Waals surface area contributed by atoms with Crippen molar-refractivity contribution in [2.24, 2.45) is 5.73 Å². The summed E-state index contributed by atoms with van der Waals surface area (Å²) in [7, 11) is 0. The fraction of sp³-hybridized carbons (Fsp3) is 0.455. The smallest absolute Gasteiger partial charge is 0.226 e. The van der Waals surface area contributed by atoms with Gasteiger partial charge in [0.2, 0.25) is 5.91 Å². The summed E-state index contributed by atoms with van der Waals surface area (Å²) >= 11 is 11.6. The first-order chi connectivity index (χ1) is 7.69. The molecule has 0 saturated carbocycles. The fourth-order valence-electron chi connectivity index (χ4n) is 1.34. The Morgan fingerprint density at radius 1 is 1.53 bits per heavy atom. The Kier molecular flexibility index (Phi) is 4.36. The van der Waals surface area contributed by atoms with E-state index in [1.807, 2.05) is 0 Å². The molecule has 0 spiro atoms. The van der Waals surface area contributed by atoms with E-state index in [9.17, 15) is 4.79 Å². The predicted octanol–water partition coefficient (Wildman–Crippen LogP) is 2.76. The summed E-state index contributed by atoms with van der Waals surface area (Å²) in [5.41, 5.74) is 6.43. The molecule has 0 atom stereocenters. The molecular formula is C11H15Cl2N3O. The zero-order valence-corrected chi connectivity index (χ0v) is 11.5. The molecule has 0 aliphatic carbocycles. The highest BCUT2D eigenvalue weighted by atomic mass is 35.5. The number of amides is 1. The Labute approximate surface area is 110 Å². The van der Waals surface area contributed by atoms with Gasteiger partial charge in [-0.15, -0.1) is 0 Å². The lowest BCUT2D eigenvalue weighted by molar-refractivity contribution is -0.117. The van der Waals surface area contributed by atoms with Crippen LogP contribution in [0.4, 0.5) is 5.69 Å². The van der Waals surface area contributed by atoms with Gasteiger partial charge in [0.15, 0.2) is 5.15 Å². The Hall–Kier alpha value is -0.840. The van der Waals surface area contributed by atoms with Crippen LogP contribution >= 0.6 is 23.2 Å². The van der Waals surface area contributed by atoms with Gasteiger partial charge in [-0.2, -0.15) is 0 Å². The predicted molar refractivity (Wildman–Crippen MR) is 70.5 cm³/mol. The number of aromatic nitrogens is 1. The number of aryl methyl sites for hydroxylation is 1. The minimum Gasteiger partial charge on any atom is -0.325 e. The molecule has 94 valence electrons. The van der Waals surface area contributed by atoms with Crippen LogP contribution < -0.4 is 11.1 Å². The molecule has 3 N–H and O–H groups in total. The zero-order valence-electron chi connectivity index (χ0n) is 9.97. The molecule has 0 bridgehead atoms. The lowest BCUT2D eigenvalue weighted by Gasteiger charge is -2.18. The summed E-state index contributed by atoms with van der Waals surface area (Å²) in [5, 5.41) is 3.17. The summed E-state index contributed by atoms with van der Waals surface area (Å²) in [4.78, 5) is 15.6. The standard InChI is InChI=1S/C11H15Cl2N3O/c1-6-4-7(12)15-10(13)9(6)16-8(17)5-11(2,3)14/h4H,5,14H2,1-3H3,(H,16,17). The Bertz CT molecular complexity index is 418. The molecule has 1 rings (SSSR count). The third kappa shape index (κ3) is 4.50. The highest BCUT2D eigenvalue weighted by Crippen LogP contribution is 2.26. The fourth-order valence-corrected chi connectivity index (χ4v) is 1.92. The van der Waals surface area contributed by atoms with Gasteiger partial charge in [0.05, 0.1) is 5.69 Å². The second-order valence-electron chi connectivity index (χ2n) is 4.64. The van der Waals surface area contributed by atoms with Gasteiger partial charge >= 0.3 is 0 Å². The van der Waals surface area contributed by atoms with E-state index in [0.29, 0.717) is 10.8 Å². The highest BCUT2D eigenvalue weighted by molar-refractivity contribution is 6.34. The van der Waals surface area contributed by atoms with Gasteiger partial charge in [-0.05, 0) is 32.4 Å². The maximum absolute atomic E-state index is 11.7. The van der Waals surface area contributed by atoms with E-state index in [4.69, 9.17) is 28.9 Å². The number of halogens is 2. The summed E-state index contributed by atoms with van der Waals surface area (Å²) in [6.07, 6.45) is 0.200. The van der Waals surface area contributed by atoms with Crippen LogP contribution in [0.1, 0.15) is 25.8 Å². The van der Waals surface area contributed by atoms with Crippen molar-refractivity contribution in [1.82, 2.24) is 4.98 Å². The first-order valence-electron chi connectivity index (χ1n) is 5.10. The normalized spacial score (nSPS) is 11.4. The molecule has 0 aromatic carbocycles. The van der Waals surface area contributed by atoms with Gasteiger partial charge in [0.1, 0.15) is 5.15 Å². The Balaban J connectivity index is 2.86. The van der Waals surface area contributed by atoms with E-state index in [-0.39, 0.29) is 17.5 Å². The third-order valence-corrected chi connectivity index (χ3v) is 2.49. The van der Waals surface area contributed by atoms with Crippen LogP contribution in [0.15, 0.2) is 6.07 Å². The minimum atomic E-state index is -0.565. The van der Waals surface area contributed by atoms with Gasteiger partial charge in [-0.1, -0.05) is 23.2 Å². The van der Waals surface area contributed by atoms with Crippen molar-refractivity contribution < 1.29 is 4.79 Å². The lowest BCUT2D eigenvalue weighted by Crippen LogP contribution is -2.36. The molecule has 0 fully saturated rings. The summed E-state index contributed by atoms with van der Waals surface area (Å²) in [6, 6.07) is 1.64. The van der Waals surface area contributed by atoms with Crippen LogP contribution in [-0.4, -0.2) is 16.4 Å². The van der Waals surface area contributed by atoms with Crippen LogP contribution in [-0.2, 0) is 4.79 Å². The molecule has 0 saturated heterocycles. The molecule has 4 nitrogen and oxygen atoms in total. The molecule has 0 unspecified atom stereocenters. The molecule has 0 radical (unpaired) electrons. The van der Waals surface area contributed by atoms with E-state index in [2.05, 4.69) is 10.3 Å². The average molecular weight is 276 g/mol. The topological polar surface area (TPSA) is 68.0 Å². The highest BCUT2D eigenvalue weighted by Gasteiger charge is 2.18. The Morgan fingerprint density at radius 3 is 2.59 bits per heavy atom. The first-order valence-corrected chi connectivity index (χ1v) is 5.86. The van der Waals surface area contributed by atoms with Gasteiger partial charge in [0.25, 0.3) is 0 Å². The SMILES string of the molecule is Cc1cc(Cl)nc(Cl)c1NC(=O)CC(C)(C)N. The number of nitrogens with two attached hydrogens (primary N) is 1. The number of carbonyl (C=O) groups is 1. The molecule has 0 aliphatic heterocycles. The van der Waals surface area contributed by atoms with Gasteiger partial charge in [-0.25, -0.2) is 4.98 Å². The number of hydrogen-bond acceptors (Lipinski definition) is 3. The van der Waals surface area contributed by atoms with E-state index < -0.39 is 5.54 Å². The monoisotopic (exact) mass is 275 g/mol. The van der Waals surface area contributed by atoms with Crippen molar-refractivity contribution >= 4 is 34.8 Å². The number of anilines is 1. The molecule has 1 aromatic rings. The number of nitrogens with zero attached hydrogens (tertiary/aromatic N) is 1. The lowest BCUT2D eigenvalue weighted by atomic mass is 10.0. The van der Waals surface area contributed by atoms with Crippen LogP contribution in [0.5, 0.6) is 0 Å². The minimum absolute atomic E-state index is 0.179. The van der Waals surface area contributed by atoms with E-state index >= 15 is 0 Å². The number of carbonyl (C=O) groups excluding carboxylic acids is 1. The van der Waals surface area contributed by atoms with Crippen LogP contribution in [0.3, 0.4) is 0 Å². The second-order valence-corrected chi connectivity index (χ2v) is 5.39. The largest absolute Gasteiger partial charge is 0.325 e. The van der Waals surface area contributed by atoms with Crippen molar-refractivity contribution in [1.29, 1.82) is 0 Å². The number of pyridine rings is 1. The molecule has 1 aromatic heterocycles. The molecule has 1 heterocycles. The second kappa shape index (κ2) is 5.21. The first kappa shape index (κ1) is 14.2. The van der Waals surface area contributed by atoms with Crippen molar-refractivity contribution in [3.63, 3.8) is 0 Å². The molecule has 0 aliphatic rings. The van der Waals surface area contributed by atoms with Crippen molar-refractivity contribution in [2.45, 2.75) is 32.7 Å². The summed E-state index contributed by atoms with van der Waals surface area (Å²) < 4.78 is 0. The number of hydrogen-bond donors (Lipinski definition) is 2. The summed E-state index contributed by atoms with van der Waals surface area (Å²) in [6.45, 7) is 5.35. The van der Waals surface area contributed by atoms with Crippen LogP contribution in [0.2, 0.25) is 10.3 Å². The van der Waals surface area contributed by atoms with Gasteiger partial charge in [0, 0.05) is 12.0 Å². The maximum Gasteiger partial charge on any atom is 0.226 e. The van der Waals surface area contributed by atoms with Gasteiger partial charge < -0.3 is 11.1 Å². The van der Waals surface area contributed by atoms with Crippen molar-refractivity contribution in [3.05, 3.63) is 21.9 Å². The number of nitrogens with one attached hydrogen (secondary N) is 1.